The predicted molar refractivity (Wildman–Crippen MR) is 84.2 cm³/mol. The van der Waals surface area contributed by atoms with Crippen molar-refractivity contribution in [3.05, 3.63) is 22.8 Å². The molecule has 0 amide bonds. The first-order valence-electron chi connectivity index (χ1n) is 6.94. The molecule has 0 aromatic heterocycles. The van der Waals surface area contributed by atoms with Crippen LogP contribution >= 0.6 is 27.9 Å². The molecule has 0 nitrogen and oxygen atoms in total. The fraction of sp³-hybridized carbons (Fsp3) is 0.733. The maximum absolute atomic E-state index is 4.97. The van der Waals surface area contributed by atoms with E-state index in [0.29, 0.717) is 5.92 Å². The first kappa shape index (κ1) is 18.1. The van der Waals surface area contributed by atoms with E-state index in [1.165, 1.54) is 0 Å². The van der Waals surface area contributed by atoms with Gasteiger partial charge in [-0.1, -0.05) is 51.8 Å². The average Bonchev–Trinajstić information content (AvgIpc) is 2.58. The summed E-state index contributed by atoms with van der Waals surface area (Å²) < 4.78 is 0. The quantitative estimate of drug-likeness (QED) is 0.433. The van der Waals surface area contributed by atoms with Crippen LogP contribution in [0.15, 0.2) is 22.8 Å². The Bertz CT molecular complexity index is 384. The summed E-state index contributed by atoms with van der Waals surface area (Å²) in [5.41, 5.74) is 4.99. The number of hydrogen-bond donors (Lipinski definition) is 0. The van der Waals surface area contributed by atoms with E-state index in [-0.39, 0.29) is 0 Å². The molecule has 0 aliphatic heterocycles. The summed E-state index contributed by atoms with van der Waals surface area (Å²) in [6.45, 7) is 14.3. The van der Waals surface area contributed by atoms with Gasteiger partial charge in [0.2, 0.25) is 0 Å². The van der Waals surface area contributed by atoms with Gasteiger partial charge < -0.3 is 0 Å². The molecule has 19 heavy (non-hydrogen) atoms. The SMILES string of the molecule is CC1=CC(C)C2=C1C(C)C(C)C(C)C2C.[Cl][Ti]([Cl])[Cl]. The van der Waals surface area contributed by atoms with E-state index in [0.717, 1.165) is 23.7 Å². The molecule has 0 fully saturated rings. The topological polar surface area (TPSA) is 0 Å². The minimum atomic E-state index is -1.92. The summed E-state index contributed by atoms with van der Waals surface area (Å²) in [5.74, 6) is 3.88. The van der Waals surface area contributed by atoms with Crippen LogP contribution in [0.3, 0.4) is 0 Å². The average molecular weight is 359 g/mol. The van der Waals surface area contributed by atoms with Crippen molar-refractivity contribution >= 4 is 27.9 Å². The van der Waals surface area contributed by atoms with Crippen LogP contribution in [-0.2, 0) is 14.7 Å². The van der Waals surface area contributed by atoms with Crippen LogP contribution in [0, 0.1) is 29.6 Å². The Morgan fingerprint density at radius 2 is 1.32 bits per heavy atom. The summed E-state index contributed by atoms with van der Waals surface area (Å²) in [5, 5.41) is 0. The molecule has 5 unspecified atom stereocenters. The van der Waals surface area contributed by atoms with E-state index in [1.54, 1.807) is 16.7 Å². The van der Waals surface area contributed by atoms with Crippen molar-refractivity contribution in [1.29, 1.82) is 0 Å². The summed E-state index contributed by atoms with van der Waals surface area (Å²) in [4.78, 5) is 0. The monoisotopic (exact) mass is 357 g/mol. The number of hydrogen-bond acceptors (Lipinski definition) is 0. The van der Waals surface area contributed by atoms with Crippen molar-refractivity contribution in [2.75, 3.05) is 0 Å². The molecule has 0 saturated heterocycles. The fourth-order valence-corrected chi connectivity index (χ4v) is 3.77. The summed E-state index contributed by atoms with van der Waals surface area (Å²) in [7, 11) is 14.9. The molecule has 4 heteroatoms. The molecule has 5 atom stereocenters. The third-order valence-electron chi connectivity index (χ3n) is 5.08. The van der Waals surface area contributed by atoms with Gasteiger partial charge in [0, 0.05) is 0 Å². The fourth-order valence-electron chi connectivity index (χ4n) is 3.77. The van der Waals surface area contributed by atoms with Crippen LogP contribution in [-0.4, -0.2) is 0 Å². The van der Waals surface area contributed by atoms with Gasteiger partial charge in [-0.2, -0.15) is 0 Å². The zero-order valence-electron chi connectivity index (χ0n) is 12.6. The molecular formula is C15H24Cl3Ti. The molecule has 109 valence electrons. The van der Waals surface area contributed by atoms with Crippen molar-refractivity contribution in [3.8, 4) is 0 Å². The Balaban J connectivity index is 0.000000399. The molecular weight excluding hydrogens is 334 g/mol. The van der Waals surface area contributed by atoms with Gasteiger partial charge in [-0.25, -0.2) is 0 Å². The third kappa shape index (κ3) is 4.04. The first-order chi connectivity index (χ1) is 8.68. The first-order valence-corrected chi connectivity index (χ1v) is 13.4. The summed E-state index contributed by atoms with van der Waals surface area (Å²) in [6, 6.07) is 0. The van der Waals surface area contributed by atoms with Gasteiger partial charge >= 0.3 is 42.6 Å². The number of allylic oxidation sites excluding steroid dienone is 4. The van der Waals surface area contributed by atoms with E-state index >= 15 is 0 Å². The van der Waals surface area contributed by atoms with Gasteiger partial charge in [0.1, 0.15) is 0 Å². The van der Waals surface area contributed by atoms with Crippen molar-refractivity contribution in [2.45, 2.75) is 41.5 Å². The standard InChI is InChI=1S/C15H24.3ClH.Ti/c1-8-7-9(2)15-13(6)11(4)10(3)12(5)14(8)15;;;;/h7-8,10-13H,1-6H3;3*1H;/q;;;;+3/p-3. The summed E-state index contributed by atoms with van der Waals surface area (Å²) in [6.07, 6.45) is 2.46. The van der Waals surface area contributed by atoms with Gasteiger partial charge in [-0.3, -0.25) is 0 Å². The molecule has 0 aromatic carbocycles. The zero-order valence-corrected chi connectivity index (χ0v) is 16.4. The molecule has 2 rings (SSSR count). The second kappa shape index (κ2) is 7.36. The normalized spacial score (nSPS) is 37.3. The Morgan fingerprint density at radius 3 is 1.79 bits per heavy atom. The van der Waals surface area contributed by atoms with Crippen LogP contribution in [0.4, 0.5) is 0 Å². The van der Waals surface area contributed by atoms with E-state index in [2.05, 4.69) is 47.6 Å². The van der Waals surface area contributed by atoms with Gasteiger partial charge in [-0.15, -0.1) is 0 Å². The van der Waals surface area contributed by atoms with Crippen LogP contribution in [0.25, 0.3) is 0 Å². The molecule has 2 aliphatic rings. The van der Waals surface area contributed by atoms with Crippen molar-refractivity contribution in [3.63, 3.8) is 0 Å². The molecule has 0 radical (unpaired) electrons. The Hall–Kier alpha value is 1.06. The minimum absolute atomic E-state index is 0.687. The van der Waals surface area contributed by atoms with Gasteiger partial charge in [0.25, 0.3) is 0 Å². The van der Waals surface area contributed by atoms with Crippen LogP contribution in [0.2, 0.25) is 0 Å². The van der Waals surface area contributed by atoms with Crippen LogP contribution in [0.5, 0.6) is 0 Å². The molecule has 0 spiro atoms. The van der Waals surface area contributed by atoms with Gasteiger partial charge in [-0.05, 0) is 42.1 Å². The molecule has 0 bridgehead atoms. The molecule has 0 saturated carbocycles. The van der Waals surface area contributed by atoms with Crippen molar-refractivity contribution in [2.24, 2.45) is 29.6 Å². The molecule has 0 heterocycles. The Labute approximate surface area is 136 Å². The van der Waals surface area contributed by atoms with Gasteiger partial charge in [0.15, 0.2) is 0 Å². The Kier molecular flexibility index (Phi) is 7.02. The van der Waals surface area contributed by atoms with E-state index < -0.39 is 14.7 Å². The number of halogens is 3. The zero-order chi connectivity index (χ0) is 14.9. The molecule has 0 N–H and O–H groups in total. The second-order valence-corrected chi connectivity index (χ2v) is 13.8. The van der Waals surface area contributed by atoms with E-state index in [4.69, 9.17) is 27.9 Å². The van der Waals surface area contributed by atoms with E-state index in [1.807, 2.05) is 0 Å². The van der Waals surface area contributed by atoms with Crippen molar-refractivity contribution in [1.82, 2.24) is 0 Å². The Morgan fingerprint density at radius 1 is 0.895 bits per heavy atom. The second-order valence-electron chi connectivity index (χ2n) is 6.02. The summed E-state index contributed by atoms with van der Waals surface area (Å²) >= 11 is -1.92. The molecule has 2 aliphatic carbocycles. The van der Waals surface area contributed by atoms with Crippen LogP contribution < -0.4 is 0 Å². The van der Waals surface area contributed by atoms with Crippen molar-refractivity contribution < 1.29 is 14.7 Å². The predicted octanol–water partition coefficient (Wildman–Crippen LogP) is 6.50. The van der Waals surface area contributed by atoms with Crippen LogP contribution in [0.1, 0.15) is 41.5 Å². The molecule has 0 aromatic rings. The number of rotatable bonds is 0. The maximum atomic E-state index is 4.97. The third-order valence-corrected chi connectivity index (χ3v) is 5.08. The van der Waals surface area contributed by atoms with Gasteiger partial charge in [0.05, 0.1) is 0 Å². The van der Waals surface area contributed by atoms with E-state index in [9.17, 15) is 0 Å².